The molecule has 0 unspecified atom stereocenters. The van der Waals surface area contributed by atoms with E-state index in [1.165, 1.54) is 13.2 Å². The number of carbonyl (C=O) groups excluding carboxylic acids is 1. The SMILES string of the molecule is CC(=O)OC=Cc1ccccc1.c1ccoc1. The summed E-state index contributed by atoms with van der Waals surface area (Å²) in [5.41, 5.74) is 1.01. The summed E-state index contributed by atoms with van der Waals surface area (Å²) >= 11 is 0. The first-order valence-corrected chi connectivity index (χ1v) is 5.15. The first kappa shape index (κ1) is 12.8. The molecular formula is C14H14O3. The summed E-state index contributed by atoms with van der Waals surface area (Å²) in [6.45, 7) is 1.37. The molecule has 0 aliphatic rings. The molecule has 0 bridgehead atoms. The Kier molecular flexibility index (Phi) is 5.96. The second-order valence-electron chi connectivity index (χ2n) is 3.12. The van der Waals surface area contributed by atoms with Gasteiger partial charge in [-0.15, -0.1) is 0 Å². The summed E-state index contributed by atoms with van der Waals surface area (Å²) in [7, 11) is 0. The zero-order valence-electron chi connectivity index (χ0n) is 9.58. The molecule has 2 aromatic rings. The van der Waals surface area contributed by atoms with Crippen LogP contribution in [0.15, 0.2) is 65.7 Å². The van der Waals surface area contributed by atoms with Gasteiger partial charge in [-0.1, -0.05) is 30.3 Å². The maximum atomic E-state index is 10.4. The monoisotopic (exact) mass is 230 g/mol. The van der Waals surface area contributed by atoms with Gasteiger partial charge in [0.05, 0.1) is 18.8 Å². The van der Waals surface area contributed by atoms with Crippen LogP contribution in [0.4, 0.5) is 0 Å². The van der Waals surface area contributed by atoms with Crippen LogP contribution in [-0.2, 0) is 9.53 Å². The van der Waals surface area contributed by atoms with Gasteiger partial charge in [-0.2, -0.15) is 0 Å². The van der Waals surface area contributed by atoms with Crippen molar-refractivity contribution in [3.05, 3.63) is 66.8 Å². The predicted molar refractivity (Wildman–Crippen MR) is 66.0 cm³/mol. The minimum atomic E-state index is -0.304. The average molecular weight is 230 g/mol. The fourth-order valence-corrected chi connectivity index (χ4v) is 0.999. The molecule has 0 atom stereocenters. The van der Waals surface area contributed by atoms with Crippen LogP contribution in [0.2, 0.25) is 0 Å². The Morgan fingerprint density at radius 3 is 2.24 bits per heavy atom. The molecule has 17 heavy (non-hydrogen) atoms. The van der Waals surface area contributed by atoms with E-state index in [2.05, 4.69) is 9.15 Å². The summed E-state index contributed by atoms with van der Waals surface area (Å²) in [5.74, 6) is -0.304. The van der Waals surface area contributed by atoms with Gasteiger partial charge in [0, 0.05) is 6.92 Å². The van der Waals surface area contributed by atoms with Gasteiger partial charge in [0.1, 0.15) is 0 Å². The van der Waals surface area contributed by atoms with Crippen LogP contribution in [0.25, 0.3) is 6.08 Å². The van der Waals surface area contributed by atoms with E-state index in [0.717, 1.165) is 5.56 Å². The molecule has 88 valence electrons. The Labute approximate surface area is 100 Å². The standard InChI is InChI=1S/C10H10O2.C4H4O/c1-9(11)12-8-7-10-5-3-2-4-6-10;1-2-4-5-3-1/h2-8H,1H3;1-4H. The van der Waals surface area contributed by atoms with Crippen LogP contribution in [0.1, 0.15) is 12.5 Å². The number of hydrogen-bond donors (Lipinski definition) is 0. The fraction of sp³-hybridized carbons (Fsp3) is 0.0714. The van der Waals surface area contributed by atoms with Crippen molar-refractivity contribution in [2.75, 3.05) is 0 Å². The number of carbonyl (C=O) groups is 1. The van der Waals surface area contributed by atoms with E-state index >= 15 is 0 Å². The minimum absolute atomic E-state index is 0.304. The van der Waals surface area contributed by atoms with Gasteiger partial charge < -0.3 is 9.15 Å². The number of benzene rings is 1. The topological polar surface area (TPSA) is 39.4 Å². The molecule has 0 amide bonds. The van der Waals surface area contributed by atoms with Crippen LogP contribution < -0.4 is 0 Å². The highest BCUT2D eigenvalue weighted by molar-refractivity contribution is 5.67. The normalized spacial score (nSPS) is 9.47. The Morgan fingerprint density at radius 2 is 1.76 bits per heavy atom. The first-order valence-electron chi connectivity index (χ1n) is 5.15. The molecule has 1 heterocycles. The molecule has 0 saturated heterocycles. The highest BCUT2D eigenvalue weighted by atomic mass is 16.5. The third kappa shape index (κ3) is 6.73. The van der Waals surface area contributed by atoms with Gasteiger partial charge in [0.2, 0.25) is 0 Å². The van der Waals surface area contributed by atoms with Crippen molar-refractivity contribution in [1.29, 1.82) is 0 Å². The maximum Gasteiger partial charge on any atom is 0.307 e. The van der Waals surface area contributed by atoms with E-state index in [9.17, 15) is 4.79 Å². The van der Waals surface area contributed by atoms with E-state index in [0.29, 0.717) is 0 Å². The minimum Gasteiger partial charge on any atom is -0.473 e. The van der Waals surface area contributed by atoms with Crippen molar-refractivity contribution in [3.8, 4) is 0 Å². The zero-order valence-corrected chi connectivity index (χ0v) is 9.58. The largest absolute Gasteiger partial charge is 0.473 e. The van der Waals surface area contributed by atoms with Crippen molar-refractivity contribution in [2.24, 2.45) is 0 Å². The van der Waals surface area contributed by atoms with Crippen molar-refractivity contribution < 1.29 is 13.9 Å². The van der Waals surface area contributed by atoms with Crippen molar-refractivity contribution in [1.82, 2.24) is 0 Å². The van der Waals surface area contributed by atoms with E-state index in [1.54, 1.807) is 18.6 Å². The van der Waals surface area contributed by atoms with E-state index in [1.807, 2.05) is 42.5 Å². The Bertz CT molecular complexity index is 413. The average Bonchev–Trinajstić information content (AvgIpc) is 2.88. The zero-order chi connectivity index (χ0) is 12.3. The Balaban J connectivity index is 0.000000239. The smallest absolute Gasteiger partial charge is 0.307 e. The molecule has 0 N–H and O–H groups in total. The van der Waals surface area contributed by atoms with Crippen LogP contribution in [0, 0.1) is 0 Å². The molecule has 0 radical (unpaired) electrons. The fourth-order valence-electron chi connectivity index (χ4n) is 0.999. The quantitative estimate of drug-likeness (QED) is 0.585. The highest BCUT2D eigenvalue weighted by Gasteiger charge is 1.85. The number of furan rings is 1. The molecule has 0 fully saturated rings. The molecule has 0 spiro atoms. The second kappa shape index (κ2) is 7.93. The highest BCUT2D eigenvalue weighted by Crippen LogP contribution is 2.00. The lowest BCUT2D eigenvalue weighted by Crippen LogP contribution is -1.88. The number of hydrogen-bond acceptors (Lipinski definition) is 3. The number of rotatable bonds is 2. The van der Waals surface area contributed by atoms with Crippen molar-refractivity contribution in [2.45, 2.75) is 6.92 Å². The van der Waals surface area contributed by atoms with Gasteiger partial charge in [0.25, 0.3) is 0 Å². The third-order valence-electron chi connectivity index (χ3n) is 1.72. The van der Waals surface area contributed by atoms with Crippen LogP contribution >= 0.6 is 0 Å². The van der Waals surface area contributed by atoms with E-state index in [-0.39, 0.29) is 5.97 Å². The van der Waals surface area contributed by atoms with Gasteiger partial charge in [-0.05, 0) is 23.8 Å². The van der Waals surface area contributed by atoms with Gasteiger partial charge >= 0.3 is 5.97 Å². The van der Waals surface area contributed by atoms with Crippen LogP contribution in [0.3, 0.4) is 0 Å². The molecule has 0 aliphatic carbocycles. The van der Waals surface area contributed by atoms with Crippen molar-refractivity contribution in [3.63, 3.8) is 0 Å². The van der Waals surface area contributed by atoms with Gasteiger partial charge in [-0.25, -0.2) is 0 Å². The first-order chi connectivity index (χ1) is 8.29. The summed E-state index contributed by atoms with van der Waals surface area (Å²) < 4.78 is 9.21. The lowest BCUT2D eigenvalue weighted by atomic mass is 10.2. The summed E-state index contributed by atoms with van der Waals surface area (Å²) in [6, 6.07) is 13.3. The Morgan fingerprint density at radius 1 is 1.12 bits per heavy atom. The molecule has 3 nitrogen and oxygen atoms in total. The molecule has 2 rings (SSSR count). The summed E-state index contributed by atoms with van der Waals surface area (Å²) in [5, 5.41) is 0. The molecule has 0 aliphatic heterocycles. The predicted octanol–water partition coefficient (Wildman–Crippen LogP) is 3.50. The lowest BCUT2D eigenvalue weighted by molar-refractivity contribution is -0.135. The maximum absolute atomic E-state index is 10.4. The second-order valence-corrected chi connectivity index (χ2v) is 3.12. The lowest BCUT2D eigenvalue weighted by Gasteiger charge is -1.91. The van der Waals surface area contributed by atoms with Gasteiger partial charge in [0.15, 0.2) is 0 Å². The van der Waals surface area contributed by atoms with Crippen molar-refractivity contribution >= 4 is 12.0 Å². The third-order valence-corrected chi connectivity index (χ3v) is 1.72. The summed E-state index contributed by atoms with van der Waals surface area (Å²) in [6.07, 6.45) is 6.37. The van der Waals surface area contributed by atoms with Gasteiger partial charge in [-0.3, -0.25) is 4.79 Å². The van der Waals surface area contributed by atoms with Crippen LogP contribution in [0.5, 0.6) is 0 Å². The summed E-state index contributed by atoms with van der Waals surface area (Å²) in [4.78, 5) is 10.4. The molecular weight excluding hydrogens is 216 g/mol. The number of ether oxygens (including phenoxy) is 1. The number of esters is 1. The molecule has 1 aromatic heterocycles. The van der Waals surface area contributed by atoms with E-state index < -0.39 is 0 Å². The van der Waals surface area contributed by atoms with Crippen LogP contribution in [-0.4, -0.2) is 5.97 Å². The Hall–Kier alpha value is -2.29. The van der Waals surface area contributed by atoms with E-state index in [4.69, 9.17) is 0 Å². The molecule has 0 saturated carbocycles. The molecule has 3 heteroatoms. The molecule has 1 aromatic carbocycles.